The molecule has 3 heterocycles. The molecule has 132 valence electrons. The van der Waals surface area contributed by atoms with E-state index in [1.165, 1.54) is 11.3 Å². The number of aryl methyl sites for hydroxylation is 2. The molecule has 1 aliphatic rings. The van der Waals surface area contributed by atoms with E-state index >= 15 is 0 Å². The summed E-state index contributed by atoms with van der Waals surface area (Å²) in [7, 11) is 1.60. The molecule has 0 aliphatic carbocycles. The Bertz CT molecular complexity index is 785. The minimum Gasteiger partial charge on any atom is -0.355 e. The fraction of sp³-hybridized carbons (Fsp3) is 0.444. The zero-order valence-electron chi connectivity index (χ0n) is 14.7. The van der Waals surface area contributed by atoms with Crippen LogP contribution in [-0.4, -0.2) is 46.8 Å². The van der Waals surface area contributed by atoms with Crippen molar-refractivity contribution in [2.75, 3.05) is 20.1 Å². The van der Waals surface area contributed by atoms with Crippen LogP contribution in [0.2, 0.25) is 0 Å². The number of hydrogen-bond acceptors (Lipinski definition) is 5. The Morgan fingerprint density at radius 1 is 1.32 bits per heavy atom. The van der Waals surface area contributed by atoms with E-state index in [2.05, 4.69) is 15.3 Å². The number of carbonyl (C=O) groups excluding carboxylic acids is 2. The fourth-order valence-electron chi connectivity index (χ4n) is 3.20. The first kappa shape index (κ1) is 17.5. The summed E-state index contributed by atoms with van der Waals surface area (Å²) in [4.78, 5) is 35.9. The van der Waals surface area contributed by atoms with E-state index in [4.69, 9.17) is 0 Å². The van der Waals surface area contributed by atoms with Gasteiger partial charge < -0.3 is 10.2 Å². The van der Waals surface area contributed by atoms with Gasteiger partial charge in [0.1, 0.15) is 4.88 Å². The first-order valence-corrected chi connectivity index (χ1v) is 9.22. The van der Waals surface area contributed by atoms with E-state index in [9.17, 15) is 9.59 Å². The normalized spacial score (nSPS) is 17.4. The lowest BCUT2D eigenvalue weighted by molar-refractivity contribution is 0.0709. The Hall–Kier alpha value is -2.28. The Labute approximate surface area is 151 Å². The maximum Gasteiger partial charge on any atom is 0.265 e. The van der Waals surface area contributed by atoms with Crippen molar-refractivity contribution in [2.24, 2.45) is 0 Å². The van der Waals surface area contributed by atoms with Gasteiger partial charge >= 0.3 is 0 Å². The molecule has 1 unspecified atom stereocenters. The lowest BCUT2D eigenvalue weighted by atomic mass is 9.94. The third-order valence-corrected chi connectivity index (χ3v) is 5.56. The number of carbonyl (C=O) groups is 2. The summed E-state index contributed by atoms with van der Waals surface area (Å²) >= 11 is 1.46. The van der Waals surface area contributed by atoms with Gasteiger partial charge in [-0.05, 0) is 38.8 Å². The van der Waals surface area contributed by atoms with Crippen molar-refractivity contribution in [2.45, 2.75) is 32.6 Å². The number of thiazole rings is 1. The van der Waals surface area contributed by atoms with Crippen LogP contribution in [-0.2, 0) is 0 Å². The van der Waals surface area contributed by atoms with Crippen LogP contribution in [0.5, 0.6) is 0 Å². The average molecular weight is 358 g/mol. The highest BCUT2D eigenvalue weighted by Gasteiger charge is 2.28. The van der Waals surface area contributed by atoms with Gasteiger partial charge in [0.05, 0.1) is 16.3 Å². The SMILES string of the molecule is CNC(=O)c1ccc(C2CCCN(C(=O)c3sc(C)nc3C)C2)nc1. The van der Waals surface area contributed by atoms with Gasteiger partial charge in [0, 0.05) is 37.9 Å². The third-order valence-electron chi connectivity index (χ3n) is 4.50. The van der Waals surface area contributed by atoms with Gasteiger partial charge in [-0.1, -0.05) is 0 Å². The molecule has 1 atom stereocenters. The van der Waals surface area contributed by atoms with Gasteiger partial charge in [-0.3, -0.25) is 14.6 Å². The highest BCUT2D eigenvalue weighted by Crippen LogP contribution is 2.28. The van der Waals surface area contributed by atoms with Crippen molar-refractivity contribution < 1.29 is 9.59 Å². The summed E-state index contributed by atoms with van der Waals surface area (Å²) in [5.41, 5.74) is 2.29. The highest BCUT2D eigenvalue weighted by molar-refractivity contribution is 7.13. The van der Waals surface area contributed by atoms with Crippen molar-refractivity contribution in [3.63, 3.8) is 0 Å². The van der Waals surface area contributed by atoms with Gasteiger partial charge in [-0.25, -0.2) is 4.98 Å². The minimum absolute atomic E-state index is 0.0646. The molecule has 0 radical (unpaired) electrons. The topological polar surface area (TPSA) is 75.2 Å². The van der Waals surface area contributed by atoms with E-state index in [0.29, 0.717) is 12.1 Å². The van der Waals surface area contributed by atoms with Crippen LogP contribution in [0.1, 0.15) is 55.2 Å². The Morgan fingerprint density at radius 2 is 2.12 bits per heavy atom. The van der Waals surface area contributed by atoms with Gasteiger partial charge in [0.15, 0.2) is 0 Å². The second-order valence-corrected chi connectivity index (χ2v) is 7.49. The zero-order valence-corrected chi connectivity index (χ0v) is 15.5. The van der Waals surface area contributed by atoms with Crippen molar-refractivity contribution in [3.05, 3.63) is 45.2 Å². The fourth-order valence-corrected chi connectivity index (χ4v) is 4.09. The molecule has 2 amide bonds. The molecule has 1 saturated heterocycles. The van der Waals surface area contributed by atoms with Crippen molar-refractivity contribution >= 4 is 23.2 Å². The molecule has 3 rings (SSSR count). The molecule has 1 fully saturated rings. The molecule has 25 heavy (non-hydrogen) atoms. The Kier molecular flexibility index (Phi) is 5.13. The maximum absolute atomic E-state index is 12.8. The van der Waals surface area contributed by atoms with Crippen LogP contribution in [0, 0.1) is 13.8 Å². The van der Waals surface area contributed by atoms with E-state index < -0.39 is 0 Å². The lowest BCUT2D eigenvalue weighted by Gasteiger charge is -2.32. The number of amides is 2. The molecule has 0 saturated carbocycles. The molecule has 6 nitrogen and oxygen atoms in total. The van der Waals surface area contributed by atoms with E-state index in [-0.39, 0.29) is 17.7 Å². The van der Waals surface area contributed by atoms with E-state index in [1.807, 2.05) is 24.8 Å². The van der Waals surface area contributed by atoms with Crippen molar-refractivity contribution in [3.8, 4) is 0 Å². The molecule has 0 aromatic carbocycles. The van der Waals surface area contributed by atoms with Crippen LogP contribution in [0.25, 0.3) is 0 Å². The zero-order chi connectivity index (χ0) is 18.0. The smallest absolute Gasteiger partial charge is 0.265 e. The summed E-state index contributed by atoms with van der Waals surface area (Å²) in [5.74, 6) is 0.121. The first-order valence-electron chi connectivity index (χ1n) is 8.41. The molecule has 0 spiro atoms. The van der Waals surface area contributed by atoms with Gasteiger partial charge in [0.25, 0.3) is 11.8 Å². The third kappa shape index (κ3) is 3.71. The predicted molar refractivity (Wildman–Crippen MR) is 97.1 cm³/mol. The molecule has 2 aromatic rings. The van der Waals surface area contributed by atoms with Crippen molar-refractivity contribution in [1.29, 1.82) is 0 Å². The molecule has 2 aromatic heterocycles. The maximum atomic E-state index is 12.8. The summed E-state index contributed by atoms with van der Waals surface area (Å²) in [6.45, 7) is 5.23. The summed E-state index contributed by atoms with van der Waals surface area (Å²) in [6, 6.07) is 3.68. The summed E-state index contributed by atoms with van der Waals surface area (Å²) in [5, 5.41) is 3.51. The second-order valence-electron chi connectivity index (χ2n) is 6.29. The first-order chi connectivity index (χ1) is 12.0. The average Bonchev–Trinajstić information content (AvgIpc) is 2.98. The number of nitrogens with zero attached hydrogens (tertiary/aromatic N) is 3. The van der Waals surface area contributed by atoms with Crippen LogP contribution in [0.15, 0.2) is 18.3 Å². The van der Waals surface area contributed by atoms with Crippen LogP contribution >= 0.6 is 11.3 Å². The standard InChI is InChI=1S/C18H22N4O2S/c1-11-16(25-12(2)21-11)18(24)22-8-4-5-14(10-22)15-7-6-13(9-20-15)17(23)19-3/h6-7,9,14H,4-5,8,10H2,1-3H3,(H,19,23). The number of pyridine rings is 1. The number of piperidine rings is 1. The van der Waals surface area contributed by atoms with Crippen LogP contribution in [0.3, 0.4) is 0 Å². The quantitative estimate of drug-likeness (QED) is 0.915. The van der Waals surface area contributed by atoms with Crippen LogP contribution in [0.4, 0.5) is 0 Å². The Balaban J connectivity index is 1.73. The Morgan fingerprint density at radius 3 is 2.72 bits per heavy atom. The molecule has 1 aliphatic heterocycles. The number of likely N-dealkylation sites (tertiary alicyclic amines) is 1. The van der Waals surface area contributed by atoms with Crippen LogP contribution < -0.4 is 5.32 Å². The monoisotopic (exact) mass is 358 g/mol. The van der Waals surface area contributed by atoms with Gasteiger partial charge in [-0.2, -0.15) is 0 Å². The summed E-state index contributed by atoms with van der Waals surface area (Å²) in [6.07, 6.45) is 3.55. The number of aromatic nitrogens is 2. The summed E-state index contributed by atoms with van der Waals surface area (Å²) < 4.78 is 0. The van der Waals surface area contributed by atoms with E-state index in [1.54, 1.807) is 19.3 Å². The number of nitrogens with one attached hydrogen (secondary N) is 1. The van der Waals surface area contributed by atoms with Crippen molar-refractivity contribution in [1.82, 2.24) is 20.2 Å². The minimum atomic E-state index is -0.143. The van der Waals surface area contributed by atoms with Gasteiger partial charge in [-0.15, -0.1) is 11.3 Å². The second kappa shape index (κ2) is 7.31. The molecule has 0 bridgehead atoms. The van der Waals surface area contributed by atoms with Gasteiger partial charge in [0.2, 0.25) is 0 Å². The number of hydrogen-bond donors (Lipinski definition) is 1. The molecular formula is C18H22N4O2S. The molecular weight excluding hydrogens is 336 g/mol. The lowest BCUT2D eigenvalue weighted by Crippen LogP contribution is -2.39. The predicted octanol–water partition coefficient (Wildman–Crippen LogP) is 2.53. The highest BCUT2D eigenvalue weighted by atomic mass is 32.1. The largest absolute Gasteiger partial charge is 0.355 e. The molecule has 7 heteroatoms. The van der Waals surface area contributed by atoms with E-state index in [0.717, 1.165) is 40.7 Å². The molecule has 1 N–H and O–H groups in total. The number of rotatable bonds is 3.